The largest absolute Gasteiger partial charge is 0.490 e. The van der Waals surface area contributed by atoms with Crippen LogP contribution in [0.15, 0.2) is 0 Å². The first-order valence-corrected chi connectivity index (χ1v) is 5.60. The average Bonchev–Trinajstić information content (AvgIpc) is 1.94. The maximum Gasteiger partial charge on any atom is 0.490 e. The SMILES string of the molecule is O=C(O)C(F)(F)F.O=S1CC2(CNC2)C1. The summed E-state index contributed by atoms with van der Waals surface area (Å²) >= 11 is 0. The molecule has 2 N–H and O–H groups in total. The van der Waals surface area contributed by atoms with Crippen molar-refractivity contribution in [2.24, 2.45) is 5.41 Å². The number of carboxylic acids is 1. The molecule has 0 aliphatic carbocycles. The lowest BCUT2D eigenvalue weighted by atomic mass is 9.85. The van der Waals surface area contributed by atoms with Crippen molar-refractivity contribution in [3.63, 3.8) is 0 Å². The number of carbonyl (C=O) groups is 1. The molecule has 0 aromatic rings. The summed E-state index contributed by atoms with van der Waals surface area (Å²) in [5.41, 5.74) is 0.505. The van der Waals surface area contributed by atoms with E-state index in [1.807, 2.05) is 0 Å². The molecule has 4 nitrogen and oxygen atoms in total. The van der Waals surface area contributed by atoms with E-state index in [0.29, 0.717) is 5.41 Å². The Morgan fingerprint density at radius 3 is 1.80 bits per heavy atom. The minimum absolute atomic E-state index is 0.450. The number of carboxylic acid groups (broad SMARTS) is 1. The molecule has 0 amide bonds. The highest BCUT2D eigenvalue weighted by atomic mass is 32.2. The van der Waals surface area contributed by atoms with E-state index in [-0.39, 0.29) is 0 Å². The van der Waals surface area contributed by atoms with Crippen LogP contribution in [-0.2, 0) is 15.6 Å². The zero-order chi connectivity index (χ0) is 11.7. The molecule has 0 radical (unpaired) electrons. The maximum absolute atomic E-state index is 10.6. The standard InChI is InChI=1S/C5H9NOS.C2HF3O2/c7-8-3-5(4-8)1-6-2-5;3-2(4,5)1(6)7/h6H,1-4H2;(H,6,7). The Balaban J connectivity index is 0.000000153. The third-order valence-corrected chi connectivity index (χ3v) is 4.05. The van der Waals surface area contributed by atoms with Crippen LogP contribution in [-0.4, -0.2) is 46.1 Å². The van der Waals surface area contributed by atoms with E-state index in [9.17, 15) is 17.4 Å². The van der Waals surface area contributed by atoms with Crippen molar-refractivity contribution in [1.29, 1.82) is 0 Å². The second-order valence-electron chi connectivity index (χ2n) is 3.63. The van der Waals surface area contributed by atoms with Gasteiger partial charge >= 0.3 is 12.1 Å². The number of aliphatic carboxylic acids is 1. The molecule has 2 aliphatic rings. The number of rotatable bonds is 0. The number of hydrogen-bond donors (Lipinski definition) is 2. The van der Waals surface area contributed by atoms with E-state index in [4.69, 9.17) is 9.90 Å². The summed E-state index contributed by atoms with van der Waals surface area (Å²) in [5.74, 6) is -0.840. The van der Waals surface area contributed by atoms with Gasteiger partial charge in [0.1, 0.15) is 0 Å². The van der Waals surface area contributed by atoms with E-state index in [1.54, 1.807) is 0 Å². The lowest BCUT2D eigenvalue weighted by molar-refractivity contribution is -0.192. The Bertz CT molecular complexity index is 278. The highest BCUT2D eigenvalue weighted by Gasteiger charge is 2.47. The molecule has 2 saturated heterocycles. The number of nitrogens with one attached hydrogen (secondary N) is 1. The Labute approximate surface area is 86.3 Å². The van der Waals surface area contributed by atoms with Crippen LogP contribution >= 0.6 is 0 Å². The monoisotopic (exact) mass is 245 g/mol. The van der Waals surface area contributed by atoms with Crippen molar-refractivity contribution in [2.45, 2.75) is 6.18 Å². The lowest BCUT2D eigenvalue weighted by Gasteiger charge is -2.48. The molecule has 0 unspecified atom stereocenters. The Morgan fingerprint density at radius 1 is 1.33 bits per heavy atom. The van der Waals surface area contributed by atoms with Crippen molar-refractivity contribution in [2.75, 3.05) is 24.6 Å². The van der Waals surface area contributed by atoms with Gasteiger partial charge in [0.15, 0.2) is 0 Å². The molecule has 2 rings (SSSR count). The van der Waals surface area contributed by atoms with E-state index < -0.39 is 22.9 Å². The summed E-state index contributed by atoms with van der Waals surface area (Å²) in [6, 6.07) is 0. The molecule has 0 saturated carbocycles. The fraction of sp³-hybridized carbons (Fsp3) is 0.857. The summed E-state index contributed by atoms with van der Waals surface area (Å²) < 4.78 is 42.3. The summed E-state index contributed by atoms with van der Waals surface area (Å²) in [5, 5.41) is 10.3. The van der Waals surface area contributed by atoms with Gasteiger partial charge < -0.3 is 10.4 Å². The van der Waals surface area contributed by atoms with Gasteiger partial charge in [-0.25, -0.2) is 4.79 Å². The van der Waals surface area contributed by atoms with Gasteiger partial charge in [-0.05, 0) is 0 Å². The van der Waals surface area contributed by atoms with Gasteiger partial charge in [0.2, 0.25) is 0 Å². The summed E-state index contributed by atoms with van der Waals surface area (Å²) in [6.07, 6.45) is -5.08. The van der Waals surface area contributed by atoms with Crippen molar-refractivity contribution in [3.8, 4) is 0 Å². The second-order valence-corrected chi connectivity index (χ2v) is 5.09. The quantitative estimate of drug-likeness (QED) is 0.629. The zero-order valence-corrected chi connectivity index (χ0v) is 8.45. The van der Waals surface area contributed by atoms with Crippen LogP contribution in [0.5, 0.6) is 0 Å². The van der Waals surface area contributed by atoms with Crippen molar-refractivity contribution in [1.82, 2.24) is 5.32 Å². The van der Waals surface area contributed by atoms with E-state index >= 15 is 0 Å². The fourth-order valence-electron chi connectivity index (χ4n) is 1.32. The molecular formula is C7H10F3NO3S. The zero-order valence-electron chi connectivity index (χ0n) is 7.63. The predicted octanol–water partition coefficient (Wildman–Crippen LogP) is -0.0284. The second kappa shape index (κ2) is 4.09. The molecule has 2 heterocycles. The van der Waals surface area contributed by atoms with Crippen molar-refractivity contribution >= 4 is 16.8 Å². The minimum atomic E-state index is -5.08. The van der Waals surface area contributed by atoms with Crippen molar-refractivity contribution in [3.05, 3.63) is 0 Å². The Kier molecular flexibility index (Phi) is 3.39. The molecule has 0 aromatic heterocycles. The van der Waals surface area contributed by atoms with E-state index in [1.165, 1.54) is 0 Å². The summed E-state index contributed by atoms with van der Waals surface area (Å²) in [4.78, 5) is 8.90. The Morgan fingerprint density at radius 2 is 1.73 bits per heavy atom. The van der Waals surface area contributed by atoms with Gasteiger partial charge in [-0.2, -0.15) is 13.2 Å². The predicted molar refractivity (Wildman–Crippen MR) is 46.9 cm³/mol. The van der Waals surface area contributed by atoms with Crippen molar-refractivity contribution < 1.29 is 27.3 Å². The van der Waals surface area contributed by atoms with Crippen LogP contribution in [0.2, 0.25) is 0 Å². The third-order valence-electron chi connectivity index (χ3n) is 2.18. The molecule has 1 spiro atoms. The van der Waals surface area contributed by atoms with Gasteiger partial charge in [0.05, 0.1) is 0 Å². The van der Waals surface area contributed by atoms with Crippen LogP contribution in [0.1, 0.15) is 0 Å². The third kappa shape index (κ3) is 3.16. The first-order chi connectivity index (χ1) is 6.75. The first-order valence-electron chi connectivity index (χ1n) is 4.11. The molecule has 88 valence electrons. The Hall–Kier alpha value is -0.630. The smallest absolute Gasteiger partial charge is 0.475 e. The maximum atomic E-state index is 10.6. The first kappa shape index (κ1) is 12.4. The van der Waals surface area contributed by atoms with Crippen LogP contribution in [0.25, 0.3) is 0 Å². The summed E-state index contributed by atoms with van der Waals surface area (Å²) in [6.45, 7) is 2.22. The highest BCUT2D eigenvalue weighted by molar-refractivity contribution is 7.86. The summed E-state index contributed by atoms with van der Waals surface area (Å²) in [7, 11) is -0.450. The molecule has 8 heteroatoms. The highest BCUT2D eigenvalue weighted by Crippen LogP contribution is 2.33. The molecule has 2 aliphatic heterocycles. The number of halogens is 3. The van der Waals surface area contributed by atoms with Crippen LogP contribution in [0.3, 0.4) is 0 Å². The topological polar surface area (TPSA) is 66.4 Å². The van der Waals surface area contributed by atoms with Crippen LogP contribution in [0.4, 0.5) is 13.2 Å². The molecule has 0 aromatic carbocycles. The van der Waals surface area contributed by atoms with Gasteiger partial charge in [-0.15, -0.1) is 0 Å². The normalized spacial score (nSPS) is 23.4. The minimum Gasteiger partial charge on any atom is -0.475 e. The number of hydrogen-bond acceptors (Lipinski definition) is 3. The molecule has 0 bridgehead atoms. The van der Waals surface area contributed by atoms with Gasteiger partial charge in [0, 0.05) is 40.8 Å². The van der Waals surface area contributed by atoms with E-state index in [0.717, 1.165) is 24.6 Å². The van der Waals surface area contributed by atoms with Crippen LogP contribution in [0, 0.1) is 5.41 Å². The molecule has 15 heavy (non-hydrogen) atoms. The lowest BCUT2D eigenvalue weighted by Crippen LogP contribution is -2.65. The average molecular weight is 245 g/mol. The van der Waals surface area contributed by atoms with Gasteiger partial charge in [-0.1, -0.05) is 0 Å². The molecular weight excluding hydrogens is 235 g/mol. The molecule has 0 atom stereocenters. The van der Waals surface area contributed by atoms with E-state index in [2.05, 4.69) is 5.32 Å². The van der Waals surface area contributed by atoms with Gasteiger partial charge in [0.25, 0.3) is 0 Å². The number of alkyl halides is 3. The van der Waals surface area contributed by atoms with Crippen LogP contribution < -0.4 is 5.32 Å². The fourth-order valence-corrected chi connectivity index (χ4v) is 3.01. The molecule has 2 fully saturated rings. The van der Waals surface area contributed by atoms with Gasteiger partial charge in [-0.3, -0.25) is 4.21 Å².